The monoisotopic (exact) mass is 1020 g/mol. The van der Waals surface area contributed by atoms with Crippen LogP contribution in [0, 0.1) is 13.8 Å². The first-order valence-corrected chi connectivity index (χ1v) is 28.1. The Morgan fingerprint density at radius 3 is 1.04 bits per heavy atom. The van der Waals surface area contributed by atoms with Crippen LogP contribution in [0.3, 0.4) is 0 Å². The van der Waals surface area contributed by atoms with Crippen molar-refractivity contribution in [3.8, 4) is 33.4 Å². The summed E-state index contributed by atoms with van der Waals surface area (Å²) in [5, 5.41) is 0. The highest BCUT2D eigenvalue weighted by Crippen LogP contribution is 2.44. The smallest absolute Gasteiger partial charge is 0.248 e. The molecule has 18 rings (SSSR count). The molecule has 0 radical (unpaired) electrons. The second kappa shape index (κ2) is 18.4. The summed E-state index contributed by atoms with van der Waals surface area (Å²) in [6.07, 6.45) is 0. The number of anilines is 9. The van der Waals surface area contributed by atoms with Gasteiger partial charge in [0.1, 0.15) is 0 Å². The second-order valence-electron chi connectivity index (χ2n) is 21.9. The van der Waals surface area contributed by atoms with E-state index in [2.05, 4.69) is 308 Å². The van der Waals surface area contributed by atoms with E-state index in [1.54, 1.807) is 0 Å². The minimum Gasteiger partial charge on any atom is -0.312 e. The van der Waals surface area contributed by atoms with Gasteiger partial charge in [0, 0.05) is 51.2 Å². The average Bonchev–Trinajstić information content (AvgIpc) is 3.89. The molecule has 12 aromatic carbocycles. The lowest BCUT2D eigenvalue weighted by Crippen LogP contribution is -2.55. The summed E-state index contributed by atoms with van der Waals surface area (Å²) in [6, 6.07) is 101. The molecule has 0 aliphatic carbocycles. The number of rotatable bonds is 3. The molecule has 6 aliphatic heterocycles. The van der Waals surface area contributed by atoms with Crippen LogP contribution in [-0.2, 0) is 0 Å². The fourth-order valence-electron chi connectivity index (χ4n) is 14.5. The molecule has 372 valence electrons. The van der Waals surface area contributed by atoms with E-state index in [4.69, 9.17) is 0 Å². The first-order chi connectivity index (χ1) is 39.6. The molecule has 0 saturated carbocycles. The van der Waals surface area contributed by atoms with Gasteiger partial charge >= 0.3 is 0 Å². The summed E-state index contributed by atoms with van der Waals surface area (Å²) in [7, 11) is 0. The molecule has 6 heteroatoms. The zero-order valence-electron chi connectivity index (χ0n) is 44.6. The van der Waals surface area contributed by atoms with E-state index in [0.29, 0.717) is 20.1 Å². The second-order valence-corrected chi connectivity index (χ2v) is 21.9. The Labute approximate surface area is 470 Å². The summed E-state index contributed by atoms with van der Waals surface area (Å²) < 4.78 is 0. The summed E-state index contributed by atoms with van der Waals surface area (Å²) in [5.41, 5.74) is 35.2. The number of fused-ring (bicyclic) bond motifs is 15. The van der Waals surface area contributed by atoms with Crippen molar-refractivity contribution in [1.82, 2.24) is 0 Å². The van der Waals surface area contributed by atoms with Crippen LogP contribution >= 0.6 is 0 Å². The van der Waals surface area contributed by atoms with Crippen LogP contribution in [0.15, 0.2) is 279 Å². The van der Waals surface area contributed by atoms with Crippen LogP contribution in [0.5, 0.6) is 0 Å². The van der Waals surface area contributed by atoms with Gasteiger partial charge in [0.15, 0.2) is 0 Å². The number of hydrogen-bond acceptors (Lipinski definition) is 3. The molecule has 3 nitrogen and oxygen atoms in total. The quantitative estimate of drug-likeness (QED) is 0.163. The van der Waals surface area contributed by atoms with Gasteiger partial charge in [-0.1, -0.05) is 228 Å². The van der Waals surface area contributed by atoms with E-state index in [9.17, 15) is 0 Å². The van der Waals surface area contributed by atoms with Gasteiger partial charge in [-0.2, -0.15) is 0 Å². The molecular weight excluding hydrogens is 963 g/mol. The number of aryl methyl sites for hydroxylation is 2. The predicted octanol–water partition coefficient (Wildman–Crippen LogP) is 12.5. The minimum absolute atomic E-state index is 0.322. The summed E-state index contributed by atoms with van der Waals surface area (Å²) in [6.45, 7) is 5.40. The molecule has 0 aromatic heterocycles. The fourth-order valence-corrected chi connectivity index (χ4v) is 14.5. The van der Waals surface area contributed by atoms with Crippen LogP contribution in [0.2, 0.25) is 0 Å². The lowest BCUT2D eigenvalue weighted by Gasteiger charge is -2.36. The van der Waals surface area contributed by atoms with Gasteiger partial charge < -0.3 is 14.7 Å². The number of hydrogen-bond donors (Lipinski definition) is 0. The Bertz CT molecular complexity index is 4380. The maximum atomic E-state index is 2.43. The highest BCUT2D eigenvalue weighted by Gasteiger charge is 2.45. The average molecular weight is 1020 g/mol. The highest BCUT2D eigenvalue weighted by atomic mass is 15.2. The number of nitrogens with zero attached hydrogens (tertiary/aromatic N) is 3. The SMILES string of the molecule is Cc1ccc2c(c1)N(c1ccccc1)c1cccc3c1B2c1ccccc1-3.Cc1cccc2c1B1c3ccccc3-c3cccc(c31)N2c1ccccc1.c1ccc(N2c3ccccc3B3c4ccccc4-c4cccc2c43)cc1. The third-order valence-corrected chi connectivity index (χ3v) is 17.6. The van der Waals surface area contributed by atoms with E-state index in [1.165, 1.54) is 145 Å². The largest absolute Gasteiger partial charge is 0.312 e. The van der Waals surface area contributed by atoms with Crippen LogP contribution in [-0.4, -0.2) is 20.1 Å². The summed E-state index contributed by atoms with van der Waals surface area (Å²) in [5.74, 6) is 0. The third kappa shape index (κ3) is 6.91. The van der Waals surface area contributed by atoms with E-state index in [1.807, 2.05) is 0 Å². The van der Waals surface area contributed by atoms with Gasteiger partial charge in [-0.3, -0.25) is 0 Å². The van der Waals surface area contributed by atoms with Gasteiger partial charge in [0.2, 0.25) is 20.1 Å². The van der Waals surface area contributed by atoms with E-state index in [-0.39, 0.29) is 0 Å². The molecule has 0 bridgehead atoms. The molecule has 0 atom stereocenters. The Kier molecular flexibility index (Phi) is 10.7. The van der Waals surface area contributed by atoms with Crippen molar-refractivity contribution in [3.63, 3.8) is 0 Å². The van der Waals surface area contributed by atoms with Crippen LogP contribution < -0.4 is 63.9 Å². The Morgan fingerprint density at radius 2 is 0.550 bits per heavy atom. The third-order valence-electron chi connectivity index (χ3n) is 17.6. The Morgan fingerprint density at radius 1 is 0.225 bits per heavy atom. The molecule has 6 aliphatic rings. The fraction of sp³-hybridized carbons (Fsp3) is 0.0270. The number of benzene rings is 12. The Hall–Kier alpha value is -9.77. The van der Waals surface area contributed by atoms with Gasteiger partial charge in [0.25, 0.3) is 0 Å². The molecule has 12 aromatic rings. The molecular formula is C74H52B3N3. The van der Waals surface area contributed by atoms with E-state index in [0.717, 1.165) is 0 Å². The molecule has 0 saturated heterocycles. The molecule has 0 fully saturated rings. The maximum absolute atomic E-state index is 2.43. The van der Waals surface area contributed by atoms with Crippen molar-refractivity contribution in [2.45, 2.75) is 13.8 Å². The first kappa shape index (κ1) is 46.3. The van der Waals surface area contributed by atoms with Crippen molar-refractivity contribution >= 4 is 120 Å². The van der Waals surface area contributed by atoms with Crippen molar-refractivity contribution in [2.75, 3.05) is 14.7 Å². The van der Waals surface area contributed by atoms with Gasteiger partial charge in [-0.15, -0.1) is 0 Å². The molecule has 6 heterocycles. The predicted molar refractivity (Wildman–Crippen MR) is 343 cm³/mol. The standard InChI is InChI=1S/2C25H18BN.C24H16BN/c1-17-9-7-15-22-24(17)26-21-14-6-5-12-19(21)20-13-8-16-23(25(20)26)27(22)18-10-3-2-4-11-18;1-17-14-15-22-24(16-17)27(18-8-3-2-4-9-18)23-13-7-11-20-19-10-5-6-12-21(19)26(22)25(20)23;1-2-9-17(10-3-1)26-22-15-7-6-14-21(22)25-20-13-5-4-11-18(20)19-12-8-16-23(26)24(19)25/h2*2-16H,1H3;1-16H. The van der Waals surface area contributed by atoms with E-state index >= 15 is 0 Å². The van der Waals surface area contributed by atoms with Crippen molar-refractivity contribution < 1.29 is 0 Å². The topological polar surface area (TPSA) is 9.72 Å². The van der Waals surface area contributed by atoms with Gasteiger partial charge in [-0.05, 0) is 158 Å². The van der Waals surface area contributed by atoms with Crippen LogP contribution in [0.1, 0.15) is 11.1 Å². The maximum Gasteiger partial charge on any atom is 0.248 e. The molecule has 0 N–H and O–H groups in total. The van der Waals surface area contributed by atoms with Gasteiger partial charge in [0.05, 0.1) is 0 Å². The van der Waals surface area contributed by atoms with Crippen LogP contribution in [0.4, 0.5) is 51.2 Å². The zero-order valence-corrected chi connectivity index (χ0v) is 44.6. The Balaban J connectivity index is 0.0000000996. The first-order valence-electron chi connectivity index (χ1n) is 28.1. The van der Waals surface area contributed by atoms with Crippen LogP contribution in [0.25, 0.3) is 33.4 Å². The zero-order chi connectivity index (χ0) is 53.0. The normalized spacial score (nSPS) is 13.2. The molecule has 80 heavy (non-hydrogen) atoms. The minimum atomic E-state index is 0.322. The highest BCUT2D eigenvalue weighted by molar-refractivity contribution is 7.03. The van der Waals surface area contributed by atoms with Crippen molar-refractivity contribution in [3.05, 3.63) is 290 Å². The lowest BCUT2D eigenvalue weighted by molar-refractivity contribution is 1.28. The van der Waals surface area contributed by atoms with Gasteiger partial charge in [-0.25, -0.2) is 0 Å². The molecule has 0 amide bonds. The number of para-hydroxylation sites is 4. The van der Waals surface area contributed by atoms with Crippen molar-refractivity contribution in [1.29, 1.82) is 0 Å². The summed E-state index contributed by atoms with van der Waals surface area (Å²) >= 11 is 0. The van der Waals surface area contributed by atoms with Crippen molar-refractivity contribution in [2.24, 2.45) is 0 Å². The molecule has 0 unspecified atom stereocenters. The summed E-state index contributed by atoms with van der Waals surface area (Å²) in [4.78, 5) is 7.28. The molecule has 0 spiro atoms. The lowest BCUT2D eigenvalue weighted by atomic mass is 9.36. The van der Waals surface area contributed by atoms with E-state index < -0.39 is 0 Å².